The number of imidazole rings is 1. The number of phenols is 1. The topological polar surface area (TPSA) is 48.9 Å². The van der Waals surface area contributed by atoms with Gasteiger partial charge in [-0.3, -0.25) is 0 Å². The highest BCUT2D eigenvalue weighted by Crippen LogP contribution is 2.31. The van der Waals surface area contributed by atoms with Crippen LogP contribution in [0, 0.1) is 6.92 Å². The molecular weight excluding hydrogens is 236 g/mol. The Morgan fingerprint density at radius 2 is 2.05 bits per heavy atom. The number of benzene rings is 2. The van der Waals surface area contributed by atoms with E-state index in [0.717, 1.165) is 28.6 Å². The summed E-state index contributed by atoms with van der Waals surface area (Å²) >= 11 is 0. The number of nitrogens with zero attached hydrogens (tertiary/aromatic N) is 1. The summed E-state index contributed by atoms with van der Waals surface area (Å²) in [4.78, 5) is 7.83. The molecule has 0 spiro atoms. The van der Waals surface area contributed by atoms with Crippen LogP contribution in [0.5, 0.6) is 5.75 Å². The molecule has 0 saturated carbocycles. The van der Waals surface area contributed by atoms with E-state index in [9.17, 15) is 5.11 Å². The fourth-order valence-electron chi connectivity index (χ4n) is 2.25. The third-order valence-electron chi connectivity index (χ3n) is 3.45. The van der Waals surface area contributed by atoms with Gasteiger partial charge in [-0.05, 0) is 42.7 Å². The van der Waals surface area contributed by atoms with E-state index in [2.05, 4.69) is 29.0 Å². The normalized spacial score (nSPS) is 11.1. The smallest absolute Gasteiger partial charge is 0.142 e. The average molecular weight is 252 g/mol. The van der Waals surface area contributed by atoms with E-state index in [1.807, 2.05) is 31.2 Å². The molecule has 0 unspecified atom stereocenters. The minimum absolute atomic E-state index is 0.289. The molecule has 0 aliphatic rings. The summed E-state index contributed by atoms with van der Waals surface area (Å²) in [5.74, 6) is 1.00. The highest BCUT2D eigenvalue weighted by Gasteiger charge is 2.10. The summed E-state index contributed by atoms with van der Waals surface area (Å²) in [6, 6.07) is 11.9. The molecule has 3 aromatic rings. The zero-order chi connectivity index (χ0) is 13.4. The van der Waals surface area contributed by atoms with Crippen molar-refractivity contribution in [2.75, 3.05) is 0 Å². The van der Waals surface area contributed by atoms with Gasteiger partial charge in [0.05, 0.1) is 16.6 Å². The quantitative estimate of drug-likeness (QED) is 0.728. The largest absolute Gasteiger partial charge is 0.507 e. The first-order valence-corrected chi connectivity index (χ1v) is 6.46. The van der Waals surface area contributed by atoms with E-state index in [1.165, 1.54) is 5.56 Å². The number of phenolic OH excluding ortho intramolecular Hbond substituents is 1. The lowest BCUT2D eigenvalue weighted by Gasteiger charge is -2.03. The Labute approximate surface area is 111 Å². The van der Waals surface area contributed by atoms with Crippen LogP contribution in [0.2, 0.25) is 0 Å². The Hall–Kier alpha value is -2.29. The van der Waals surface area contributed by atoms with E-state index in [1.54, 1.807) is 0 Å². The van der Waals surface area contributed by atoms with Crippen LogP contribution in [0.25, 0.3) is 22.4 Å². The van der Waals surface area contributed by atoms with Gasteiger partial charge in [0.2, 0.25) is 0 Å². The van der Waals surface area contributed by atoms with E-state index in [-0.39, 0.29) is 5.75 Å². The molecule has 96 valence electrons. The number of nitrogens with one attached hydrogen (secondary N) is 1. The van der Waals surface area contributed by atoms with Crippen molar-refractivity contribution in [1.29, 1.82) is 0 Å². The molecule has 0 bridgehead atoms. The van der Waals surface area contributed by atoms with Crippen LogP contribution in [-0.4, -0.2) is 15.1 Å². The number of fused-ring (bicyclic) bond motifs is 1. The second kappa shape index (κ2) is 4.43. The number of H-pyrrole nitrogens is 1. The van der Waals surface area contributed by atoms with Crippen LogP contribution in [0.1, 0.15) is 18.1 Å². The SMILES string of the molecule is CCc1ccc2nc(-c3cccc(C)c3O)[nH]c2c1. The lowest BCUT2D eigenvalue weighted by molar-refractivity contribution is 0.473. The summed E-state index contributed by atoms with van der Waals surface area (Å²) in [5, 5.41) is 10.1. The molecule has 0 aliphatic carbocycles. The molecule has 1 aromatic heterocycles. The number of hydrogen-bond acceptors (Lipinski definition) is 2. The van der Waals surface area contributed by atoms with Gasteiger partial charge in [0.15, 0.2) is 0 Å². The first-order valence-electron chi connectivity index (χ1n) is 6.46. The summed E-state index contributed by atoms with van der Waals surface area (Å²) < 4.78 is 0. The molecule has 0 amide bonds. The van der Waals surface area contributed by atoms with E-state index in [0.29, 0.717) is 5.82 Å². The standard InChI is InChI=1S/C16H16N2O/c1-3-11-7-8-13-14(9-11)18-16(17-13)12-6-4-5-10(2)15(12)19/h4-9,19H,3H2,1-2H3,(H,17,18). The average Bonchev–Trinajstić information content (AvgIpc) is 2.84. The Morgan fingerprint density at radius 3 is 2.84 bits per heavy atom. The molecule has 2 aromatic carbocycles. The second-order valence-corrected chi connectivity index (χ2v) is 4.76. The third kappa shape index (κ3) is 1.97. The fourth-order valence-corrected chi connectivity index (χ4v) is 2.25. The van der Waals surface area contributed by atoms with Crippen molar-refractivity contribution < 1.29 is 5.11 Å². The molecule has 2 N–H and O–H groups in total. The Morgan fingerprint density at radius 1 is 1.21 bits per heavy atom. The fraction of sp³-hybridized carbons (Fsp3) is 0.188. The van der Waals surface area contributed by atoms with Gasteiger partial charge in [-0.25, -0.2) is 4.98 Å². The van der Waals surface area contributed by atoms with Gasteiger partial charge >= 0.3 is 0 Å². The van der Waals surface area contributed by atoms with E-state index >= 15 is 0 Å². The van der Waals surface area contributed by atoms with Crippen molar-refractivity contribution in [3.8, 4) is 17.1 Å². The van der Waals surface area contributed by atoms with Crippen LogP contribution in [0.4, 0.5) is 0 Å². The summed E-state index contributed by atoms with van der Waals surface area (Å²) in [7, 11) is 0. The molecular formula is C16H16N2O. The van der Waals surface area contributed by atoms with Gasteiger partial charge in [0.1, 0.15) is 11.6 Å². The van der Waals surface area contributed by atoms with Gasteiger partial charge < -0.3 is 10.1 Å². The number of hydrogen-bond donors (Lipinski definition) is 2. The maximum atomic E-state index is 10.1. The number of aromatic hydroxyl groups is 1. The number of aryl methyl sites for hydroxylation is 2. The number of para-hydroxylation sites is 1. The third-order valence-corrected chi connectivity index (χ3v) is 3.45. The lowest BCUT2D eigenvalue weighted by atomic mass is 10.1. The van der Waals surface area contributed by atoms with Crippen LogP contribution in [-0.2, 0) is 6.42 Å². The minimum atomic E-state index is 0.289. The molecule has 0 atom stereocenters. The van der Waals surface area contributed by atoms with Crippen LogP contribution < -0.4 is 0 Å². The highest BCUT2D eigenvalue weighted by molar-refractivity contribution is 5.81. The molecule has 0 saturated heterocycles. The minimum Gasteiger partial charge on any atom is -0.507 e. The summed E-state index contributed by atoms with van der Waals surface area (Å²) in [6.07, 6.45) is 1.000. The molecule has 1 heterocycles. The summed E-state index contributed by atoms with van der Waals surface area (Å²) in [6.45, 7) is 4.02. The van der Waals surface area contributed by atoms with Crippen molar-refractivity contribution in [1.82, 2.24) is 9.97 Å². The number of rotatable bonds is 2. The predicted octanol–water partition coefficient (Wildman–Crippen LogP) is 3.81. The number of aromatic amines is 1. The highest BCUT2D eigenvalue weighted by atomic mass is 16.3. The van der Waals surface area contributed by atoms with Crippen LogP contribution >= 0.6 is 0 Å². The van der Waals surface area contributed by atoms with Crippen molar-refractivity contribution in [2.45, 2.75) is 20.3 Å². The van der Waals surface area contributed by atoms with E-state index < -0.39 is 0 Å². The zero-order valence-corrected chi connectivity index (χ0v) is 11.1. The van der Waals surface area contributed by atoms with Gasteiger partial charge in [-0.2, -0.15) is 0 Å². The van der Waals surface area contributed by atoms with Gasteiger partial charge in [-0.1, -0.05) is 25.1 Å². The monoisotopic (exact) mass is 252 g/mol. The Balaban J connectivity index is 2.18. The molecule has 3 heteroatoms. The molecule has 3 nitrogen and oxygen atoms in total. The molecule has 0 radical (unpaired) electrons. The first-order chi connectivity index (χ1) is 9.19. The van der Waals surface area contributed by atoms with Gasteiger partial charge in [0, 0.05) is 0 Å². The molecule has 0 aliphatic heterocycles. The zero-order valence-electron chi connectivity index (χ0n) is 11.1. The van der Waals surface area contributed by atoms with Crippen molar-refractivity contribution in [3.05, 3.63) is 47.5 Å². The molecule has 19 heavy (non-hydrogen) atoms. The van der Waals surface area contributed by atoms with E-state index in [4.69, 9.17) is 0 Å². The molecule has 0 fully saturated rings. The van der Waals surface area contributed by atoms with Crippen LogP contribution in [0.15, 0.2) is 36.4 Å². The van der Waals surface area contributed by atoms with Crippen molar-refractivity contribution in [3.63, 3.8) is 0 Å². The second-order valence-electron chi connectivity index (χ2n) is 4.76. The van der Waals surface area contributed by atoms with Crippen molar-refractivity contribution in [2.24, 2.45) is 0 Å². The first kappa shape index (κ1) is 11.8. The Kier molecular flexibility index (Phi) is 2.75. The lowest BCUT2D eigenvalue weighted by Crippen LogP contribution is -1.83. The van der Waals surface area contributed by atoms with Gasteiger partial charge in [0.25, 0.3) is 0 Å². The summed E-state index contributed by atoms with van der Waals surface area (Å²) in [5.41, 5.74) is 4.81. The van der Waals surface area contributed by atoms with Crippen LogP contribution in [0.3, 0.4) is 0 Å². The number of aromatic nitrogens is 2. The maximum absolute atomic E-state index is 10.1. The Bertz CT molecular complexity index is 744. The van der Waals surface area contributed by atoms with Gasteiger partial charge in [-0.15, -0.1) is 0 Å². The maximum Gasteiger partial charge on any atom is 0.142 e. The molecule has 3 rings (SSSR count). The van der Waals surface area contributed by atoms with Crippen molar-refractivity contribution >= 4 is 11.0 Å². The predicted molar refractivity (Wildman–Crippen MR) is 77.3 cm³/mol.